The molecule has 1 aromatic rings. The van der Waals surface area contributed by atoms with Crippen molar-refractivity contribution in [3.8, 4) is 0 Å². The molecule has 0 radical (unpaired) electrons. The number of furan rings is 1. The van der Waals surface area contributed by atoms with Crippen LogP contribution in [0.15, 0.2) is 26.6 Å². The number of hydrogen-bond donors (Lipinski definition) is 2. The maximum atomic E-state index is 8.22. The van der Waals surface area contributed by atoms with Gasteiger partial charge in [-0.05, 0) is 27.6 Å². The van der Waals surface area contributed by atoms with Gasteiger partial charge in [0.1, 0.15) is 5.84 Å². The van der Waals surface area contributed by atoms with Crippen molar-refractivity contribution in [2.45, 2.75) is 6.42 Å². The molecule has 0 amide bonds. The van der Waals surface area contributed by atoms with Gasteiger partial charge in [-0.1, -0.05) is 5.16 Å². The van der Waals surface area contributed by atoms with Gasteiger partial charge in [0.15, 0.2) is 4.67 Å². The van der Waals surface area contributed by atoms with E-state index in [1.807, 2.05) is 0 Å². The average Bonchev–Trinajstić information content (AvgIpc) is 2.35. The summed E-state index contributed by atoms with van der Waals surface area (Å²) in [4.78, 5) is 0. The highest BCUT2D eigenvalue weighted by Crippen LogP contribution is 2.14. The van der Waals surface area contributed by atoms with E-state index in [4.69, 9.17) is 15.4 Å². The van der Waals surface area contributed by atoms with Gasteiger partial charge in [0, 0.05) is 6.42 Å². The number of halogens is 1. The number of nitrogens with zero attached hydrogens (tertiary/aromatic N) is 1. The summed E-state index contributed by atoms with van der Waals surface area (Å²) in [5.41, 5.74) is 6.13. The molecule has 1 aromatic heterocycles. The van der Waals surface area contributed by atoms with Gasteiger partial charge >= 0.3 is 0 Å². The van der Waals surface area contributed by atoms with Crippen molar-refractivity contribution in [3.05, 3.63) is 22.6 Å². The second kappa shape index (κ2) is 3.43. The van der Waals surface area contributed by atoms with Crippen molar-refractivity contribution in [2.24, 2.45) is 10.9 Å². The highest BCUT2D eigenvalue weighted by atomic mass is 79.9. The first kappa shape index (κ1) is 8.13. The highest BCUT2D eigenvalue weighted by molar-refractivity contribution is 9.10. The average molecular weight is 219 g/mol. The number of rotatable bonds is 2. The Hall–Kier alpha value is -0.970. The fourth-order valence-corrected chi connectivity index (χ4v) is 1.07. The topological polar surface area (TPSA) is 71.8 Å². The predicted molar refractivity (Wildman–Crippen MR) is 43.5 cm³/mol. The third-order valence-corrected chi connectivity index (χ3v) is 1.55. The molecule has 0 unspecified atom stereocenters. The summed E-state index contributed by atoms with van der Waals surface area (Å²) in [6.07, 6.45) is 1.94. The van der Waals surface area contributed by atoms with Crippen molar-refractivity contribution in [1.29, 1.82) is 0 Å². The first-order chi connectivity index (χ1) is 5.22. The summed E-state index contributed by atoms with van der Waals surface area (Å²) in [7, 11) is 0. The maximum absolute atomic E-state index is 8.22. The van der Waals surface area contributed by atoms with Crippen molar-refractivity contribution in [1.82, 2.24) is 0 Å². The van der Waals surface area contributed by atoms with Crippen LogP contribution < -0.4 is 5.73 Å². The summed E-state index contributed by atoms with van der Waals surface area (Å²) in [5.74, 6) is 0.165. The van der Waals surface area contributed by atoms with Crippen LogP contribution in [0.3, 0.4) is 0 Å². The van der Waals surface area contributed by atoms with Gasteiger partial charge < -0.3 is 15.4 Å². The summed E-state index contributed by atoms with van der Waals surface area (Å²) in [5, 5.41) is 11.1. The number of amidine groups is 1. The van der Waals surface area contributed by atoms with E-state index in [0.29, 0.717) is 11.1 Å². The molecule has 5 heteroatoms. The molecule has 60 valence electrons. The lowest BCUT2D eigenvalue weighted by atomic mass is 10.2. The lowest BCUT2D eigenvalue weighted by molar-refractivity contribution is 0.317. The Balaban J connectivity index is 2.65. The van der Waals surface area contributed by atoms with Gasteiger partial charge in [-0.25, -0.2) is 0 Å². The molecule has 0 spiro atoms. The van der Waals surface area contributed by atoms with Crippen molar-refractivity contribution in [2.75, 3.05) is 0 Å². The molecule has 0 saturated carbocycles. The van der Waals surface area contributed by atoms with Crippen LogP contribution in [-0.4, -0.2) is 11.0 Å². The van der Waals surface area contributed by atoms with Crippen LogP contribution in [0, 0.1) is 0 Å². The molecule has 4 nitrogen and oxygen atoms in total. The second-order valence-corrected chi connectivity index (χ2v) is 2.81. The van der Waals surface area contributed by atoms with Crippen LogP contribution in [0.2, 0.25) is 0 Å². The van der Waals surface area contributed by atoms with E-state index in [1.54, 1.807) is 12.3 Å². The minimum atomic E-state index is 0.165. The Kier molecular flexibility index (Phi) is 2.53. The Labute approximate surface area is 71.8 Å². The lowest BCUT2D eigenvalue weighted by Crippen LogP contribution is -2.13. The van der Waals surface area contributed by atoms with E-state index in [2.05, 4.69) is 21.1 Å². The third-order valence-electron chi connectivity index (χ3n) is 1.14. The molecule has 0 saturated heterocycles. The highest BCUT2D eigenvalue weighted by Gasteiger charge is 2.00. The maximum Gasteiger partial charge on any atom is 0.169 e. The summed E-state index contributed by atoms with van der Waals surface area (Å²) < 4.78 is 5.57. The molecular formula is C6H7BrN2O2. The summed E-state index contributed by atoms with van der Waals surface area (Å²) in [6, 6.07) is 1.76. The Morgan fingerprint density at radius 1 is 1.82 bits per heavy atom. The molecular weight excluding hydrogens is 212 g/mol. The van der Waals surface area contributed by atoms with E-state index < -0.39 is 0 Å². The quantitative estimate of drug-likeness (QED) is 0.341. The molecule has 0 aliphatic heterocycles. The molecule has 0 bridgehead atoms. The van der Waals surface area contributed by atoms with E-state index in [0.717, 1.165) is 5.56 Å². The molecule has 1 rings (SSSR count). The first-order valence-electron chi connectivity index (χ1n) is 2.91. The van der Waals surface area contributed by atoms with Gasteiger partial charge in [0.05, 0.1) is 6.26 Å². The van der Waals surface area contributed by atoms with Gasteiger partial charge in [-0.2, -0.15) is 0 Å². The number of oxime groups is 1. The van der Waals surface area contributed by atoms with Crippen LogP contribution in [0.25, 0.3) is 0 Å². The number of nitrogens with two attached hydrogens (primary N) is 1. The van der Waals surface area contributed by atoms with Gasteiger partial charge in [0.2, 0.25) is 0 Å². The van der Waals surface area contributed by atoms with Crippen molar-refractivity contribution in [3.63, 3.8) is 0 Å². The van der Waals surface area contributed by atoms with Crippen LogP contribution >= 0.6 is 15.9 Å². The van der Waals surface area contributed by atoms with E-state index in [1.165, 1.54) is 0 Å². The van der Waals surface area contributed by atoms with E-state index >= 15 is 0 Å². The fraction of sp³-hybridized carbons (Fsp3) is 0.167. The molecule has 0 aliphatic rings. The zero-order valence-corrected chi connectivity index (χ0v) is 7.21. The van der Waals surface area contributed by atoms with Gasteiger partial charge in [-0.15, -0.1) is 0 Å². The van der Waals surface area contributed by atoms with Crippen LogP contribution in [0.1, 0.15) is 5.56 Å². The standard InChI is InChI=1S/C6H7BrN2O2/c7-5-1-4(3-11-5)2-6(8)9-10/h1,3,10H,2H2,(H2,8,9). The molecule has 11 heavy (non-hydrogen) atoms. The second-order valence-electron chi connectivity index (χ2n) is 2.03. The zero-order chi connectivity index (χ0) is 8.27. The Bertz CT molecular complexity index is 269. The molecule has 3 N–H and O–H groups in total. The largest absolute Gasteiger partial charge is 0.457 e. The molecule has 0 atom stereocenters. The Morgan fingerprint density at radius 2 is 2.55 bits per heavy atom. The van der Waals surface area contributed by atoms with Crippen LogP contribution in [0.5, 0.6) is 0 Å². The Morgan fingerprint density at radius 3 is 3.00 bits per heavy atom. The third kappa shape index (κ3) is 2.27. The molecule has 0 aliphatic carbocycles. The van der Waals surface area contributed by atoms with E-state index in [9.17, 15) is 0 Å². The minimum absolute atomic E-state index is 0.165. The monoisotopic (exact) mass is 218 g/mol. The fourth-order valence-electron chi connectivity index (χ4n) is 0.683. The SMILES string of the molecule is N/C(Cc1coc(Br)c1)=N\O. The van der Waals surface area contributed by atoms with Gasteiger partial charge in [-0.3, -0.25) is 0 Å². The number of hydrogen-bond acceptors (Lipinski definition) is 3. The lowest BCUT2D eigenvalue weighted by Gasteiger charge is -1.91. The summed E-state index contributed by atoms with van der Waals surface area (Å²) >= 11 is 3.13. The normalized spacial score (nSPS) is 11.9. The molecule has 1 heterocycles. The first-order valence-corrected chi connectivity index (χ1v) is 3.71. The minimum Gasteiger partial charge on any atom is -0.457 e. The smallest absolute Gasteiger partial charge is 0.169 e. The van der Waals surface area contributed by atoms with Crippen molar-refractivity contribution >= 4 is 21.8 Å². The molecule has 0 aromatic carbocycles. The van der Waals surface area contributed by atoms with Crippen LogP contribution in [-0.2, 0) is 6.42 Å². The van der Waals surface area contributed by atoms with Gasteiger partial charge in [0.25, 0.3) is 0 Å². The predicted octanol–water partition coefficient (Wildman–Crippen LogP) is 1.33. The summed E-state index contributed by atoms with van der Waals surface area (Å²) in [6.45, 7) is 0. The van der Waals surface area contributed by atoms with Crippen molar-refractivity contribution < 1.29 is 9.62 Å². The molecule has 0 fully saturated rings. The van der Waals surface area contributed by atoms with Crippen LogP contribution in [0.4, 0.5) is 0 Å². The van der Waals surface area contributed by atoms with E-state index in [-0.39, 0.29) is 5.84 Å². The zero-order valence-electron chi connectivity index (χ0n) is 5.62.